The van der Waals surface area contributed by atoms with Crippen LogP contribution in [0.5, 0.6) is 0 Å². The molecule has 1 saturated carbocycles. The Kier molecular flexibility index (Phi) is 2.36. The van der Waals surface area contributed by atoms with Gasteiger partial charge in [-0.15, -0.1) is 0 Å². The van der Waals surface area contributed by atoms with Crippen molar-refractivity contribution in [3.8, 4) is 0 Å². The zero-order valence-corrected chi connectivity index (χ0v) is 12.4. The van der Waals surface area contributed by atoms with Crippen LogP contribution in [0, 0.1) is 17.3 Å². The normalized spacial score (nSPS) is 41.6. The Balaban J connectivity index is 2.47. The third-order valence-electron chi connectivity index (χ3n) is 5.24. The Hall–Kier alpha value is -0.0400. The second kappa shape index (κ2) is 3.04. The highest BCUT2D eigenvalue weighted by atomic mass is 15.3. The second-order valence-electron chi connectivity index (χ2n) is 8.22. The highest BCUT2D eigenvalue weighted by Gasteiger charge is 2.66. The summed E-state index contributed by atoms with van der Waals surface area (Å²) >= 11 is 0. The Morgan fingerprint density at radius 2 is 1.56 bits per heavy atom. The maximum absolute atomic E-state index is 2.80. The molecule has 94 valence electrons. The zero-order valence-electron chi connectivity index (χ0n) is 12.4. The van der Waals surface area contributed by atoms with E-state index in [0.29, 0.717) is 16.5 Å². The lowest BCUT2D eigenvalue weighted by atomic mass is 9.71. The number of piperidine rings is 1. The fourth-order valence-corrected chi connectivity index (χ4v) is 5.66. The molecule has 2 rings (SSSR count). The van der Waals surface area contributed by atoms with Crippen molar-refractivity contribution in [2.24, 2.45) is 17.3 Å². The van der Waals surface area contributed by atoms with E-state index in [4.69, 9.17) is 0 Å². The summed E-state index contributed by atoms with van der Waals surface area (Å²) in [6.45, 7) is 19.5. The van der Waals surface area contributed by atoms with Crippen molar-refractivity contribution in [3.05, 3.63) is 0 Å². The highest BCUT2D eigenvalue weighted by Crippen LogP contribution is 2.63. The molecule has 0 aromatic heterocycles. The maximum Gasteiger partial charge on any atom is 0.0197 e. The van der Waals surface area contributed by atoms with Crippen molar-refractivity contribution >= 4 is 0 Å². The molecule has 2 bridgehead atoms. The minimum atomic E-state index is 0.292. The molecule has 0 unspecified atom stereocenters. The lowest BCUT2D eigenvalue weighted by molar-refractivity contribution is -0.0262. The van der Waals surface area contributed by atoms with Gasteiger partial charge in [-0.3, -0.25) is 4.90 Å². The van der Waals surface area contributed by atoms with E-state index in [2.05, 4.69) is 60.3 Å². The molecule has 0 aromatic rings. The van der Waals surface area contributed by atoms with Gasteiger partial charge >= 0.3 is 0 Å². The van der Waals surface area contributed by atoms with E-state index >= 15 is 0 Å². The van der Waals surface area contributed by atoms with Crippen LogP contribution < -0.4 is 0 Å². The van der Waals surface area contributed by atoms with Crippen molar-refractivity contribution in [1.82, 2.24) is 4.90 Å². The minimum absolute atomic E-state index is 0.292. The van der Waals surface area contributed by atoms with Crippen LogP contribution in [0.3, 0.4) is 0 Å². The first-order valence-corrected chi connectivity index (χ1v) is 6.80. The second-order valence-corrected chi connectivity index (χ2v) is 8.22. The van der Waals surface area contributed by atoms with Gasteiger partial charge in [-0.2, -0.15) is 0 Å². The van der Waals surface area contributed by atoms with Gasteiger partial charge in [-0.25, -0.2) is 0 Å². The Labute approximate surface area is 102 Å². The van der Waals surface area contributed by atoms with E-state index < -0.39 is 0 Å². The van der Waals surface area contributed by atoms with Gasteiger partial charge in [-0.1, -0.05) is 20.8 Å². The van der Waals surface area contributed by atoms with Crippen LogP contribution in [0.25, 0.3) is 0 Å². The fraction of sp³-hybridized carbons (Fsp3) is 1.00. The summed E-state index contributed by atoms with van der Waals surface area (Å²) < 4.78 is 0. The molecule has 0 aromatic carbocycles. The summed E-state index contributed by atoms with van der Waals surface area (Å²) in [5.41, 5.74) is 1.13. The van der Waals surface area contributed by atoms with E-state index in [9.17, 15) is 0 Å². The van der Waals surface area contributed by atoms with Gasteiger partial charge in [0.25, 0.3) is 0 Å². The van der Waals surface area contributed by atoms with Crippen LogP contribution in [0.2, 0.25) is 0 Å². The van der Waals surface area contributed by atoms with Gasteiger partial charge in [0.2, 0.25) is 0 Å². The zero-order chi connectivity index (χ0) is 12.5. The number of rotatable bonds is 0. The minimum Gasteiger partial charge on any atom is -0.290 e. The highest BCUT2D eigenvalue weighted by molar-refractivity contribution is 5.18. The van der Waals surface area contributed by atoms with Crippen molar-refractivity contribution in [3.63, 3.8) is 0 Å². The molecule has 1 saturated heterocycles. The Morgan fingerprint density at radius 3 is 1.88 bits per heavy atom. The quantitative estimate of drug-likeness (QED) is 0.601. The standard InChI is InChI=1S/C15H29N/c1-10-9-11-14(5,6)12(10)15(7,8)16(11)13(2,3)4/h10-12H,9H2,1-8H3/t10-,11+,12-/m1/s1. The van der Waals surface area contributed by atoms with Crippen LogP contribution in [-0.4, -0.2) is 22.0 Å². The van der Waals surface area contributed by atoms with Crippen LogP contribution in [0.4, 0.5) is 0 Å². The summed E-state index contributed by atoms with van der Waals surface area (Å²) in [5.74, 6) is 1.72. The average Bonchev–Trinajstić information content (AvgIpc) is 2.25. The summed E-state index contributed by atoms with van der Waals surface area (Å²) in [4.78, 5) is 2.80. The molecule has 0 spiro atoms. The molecule has 1 heterocycles. The topological polar surface area (TPSA) is 3.24 Å². The number of hydrogen-bond acceptors (Lipinski definition) is 1. The monoisotopic (exact) mass is 223 g/mol. The van der Waals surface area contributed by atoms with Crippen molar-refractivity contribution in [2.45, 2.75) is 78.9 Å². The van der Waals surface area contributed by atoms with Crippen LogP contribution in [0.1, 0.15) is 61.8 Å². The van der Waals surface area contributed by atoms with Crippen LogP contribution in [-0.2, 0) is 0 Å². The summed E-state index contributed by atoms with van der Waals surface area (Å²) in [5, 5.41) is 0. The number of likely N-dealkylation sites (tertiary alicyclic amines) is 1. The molecule has 0 amide bonds. The van der Waals surface area contributed by atoms with Crippen LogP contribution in [0.15, 0.2) is 0 Å². The first-order chi connectivity index (χ1) is 7.00. The molecule has 2 aliphatic rings. The molecule has 1 aliphatic carbocycles. The average molecular weight is 223 g/mol. The molecule has 16 heavy (non-hydrogen) atoms. The lowest BCUT2D eigenvalue weighted by Crippen LogP contribution is -2.58. The number of fused-ring (bicyclic) bond motifs is 2. The molecule has 1 nitrogen and oxygen atoms in total. The van der Waals surface area contributed by atoms with Crippen molar-refractivity contribution < 1.29 is 0 Å². The smallest absolute Gasteiger partial charge is 0.0197 e. The maximum atomic E-state index is 2.80. The number of nitrogens with zero attached hydrogens (tertiary/aromatic N) is 1. The molecule has 0 radical (unpaired) electrons. The van der Waals surface area contributed by atoms with Gasteiger partial charge in [0.05, 0.1) is 0 Å². The van der Waals surface area contributed by atoms with Gasteiger partial charge < -0.3 is 0 Å². The van der Waals surface area contributed by atoms with E-state index in [1.165, 1.54) is 6.42 Å². The summed E-state index contributed by atoms with van der Waals surface area (Å²) in [6.07, 6.45) is 1.39. The third-order valence-corrected chi connectivity index (χ3v) is 5.24. The Morgan fingerprint density at radius 1 is 1.06 bits per heavy atom. The third kappa shape index (κ3) is 1.33. The first-order valence-electron chi connectivity index (χ1n) is 6.80. The van der Waals surface area contributed by atoms with Crippen LogP contribution >= 0.6 is 0 Å². The molecule has 2 fully saturated rings. The molecule has 0 N–H and O–H groups in total. The largest absolute Gasteiger partial charge is 0.290 e. The van der Waals surface area contributed by atoms with Gasteiger partial charge in [0.15, 0.2) is 0 Å². The van der Waals surface area contributed by atoms with E-state index in [1.807, 2.05) is 0 Å². The van der Waals surface area contributed by atoms with Crippen molar-refractivity contribution in [1.29, 1.82) is 0 Å². The van der Waals surface area contributed by atoms with Gasteiger partial charge in [-0.05, 0) is 58.3 Å². The fourth-order valence-electron chi connectivity index (χ4n) is 5.66. The first kappa shape index (κ1) is 12.4. The Bertz CT molecular complexity index is 295. The van der Waals surface area contributed by atoms with E-state index in [0.717, 1.165) is 17.9 Å². The van der Waals surface area contributed by atoms with Crippen molar-refractivity contribution in [2.75, 3.05) is 0 Å². The molecule has 1 aliphatic heterocycles. The van der Waals surface area contributed by atoms with E-state index in [-0.39, 0.29) is 0 Å². The molecular weight excluding hydrogens is 194 g/mol. The SMILES string of the molecule is C[C@@H]1C[C@@H]2N(C(C)(C)C)C(C)(C)[C@H]1C2(C)C. The van der Waals surface area contributed by atoms with E-state index in [1.54, 1.807) is 0 Å². The summed E-state index contributed by atoms with van der Waals surface area (Å²) in [6, 6.07) is 0.766. The van der Waals surface area contributed by atoms with Gasteiger partial charge in [0.1, 0.15) is 0 Å². The molecule has 1 heteroatoms. The predicted molar refractivity (Wildman–Crippen MR) is 70.5 cm³/mol. The number of hydrogen-bond donors (Lipinski definition) is 0. The summed E-state index contributed by atoms with van der Waals surface area (Å²) in [7, 11) is 0. The lowest BCUT2D eigenvalue weighted by Gasteiger charge is -2.51. The molecular formula is C15H29N. The van der Waals surface area contributed by atoms with Gasteiger partial charge in [0, 0.05) is 17.1 Å². The predicted octanol–water partition coefficient (Wildman–Crippen LogP) is 3.93. The molecule has 3 atom stereocenters.